The summed E-state index contributed by atoms with van der Waals surface area (Å²) in [5.41, 5.74) is 6.97. The maximum absolute atomic E-state index is 12.1. The van der Waals surface area contributed by atoms with Crippen LogP contribution in [-0.2, 0) is 0 Å². The summed E-state index contributed by atoms with van der Waals surface area (Å²) in [7, 11) is 0. The van der Waals surface area contributed by atoms with E-state index < -0.39 is 5.91 Å². The molecule has 0 spiro atoms. The van der Waals surface area contributed by atoms with Gasteiger partial charge in [-0.2, -0.15) is 0 Å². The number of hydrogen-bond donors (Lipinski definition) is 3. The summed E-state index contributed by atoms with van der Waals surface area (Å²) in [5, 5.41) is 12.0. The summed E-state index contributed by atoms with van der Waals surface area (Å²) in [6.45, 7) is 2.38. The summed E-state index contributed by atoms with van der Waals surface area (Å²) in [4.78, 5) is 25.0. The number of likely N-dealkylation sites (tertiary alicyclic amines) is 1. The standard InChI is InChI=1S/C14H19N3O3/c1-9-4-5-10(7-12(9)13(15)19)16-14(20)17-6-2-3-11(17)8-18/h4-5,7,11,18H,2-3,6,8H2,1H3,(H2,15,19)(H,16,20)/t11-/m0/s1. The fourth-order valence-electron chi connectivity index (χ4n) is 2.45. The number of carbonyl (C=O) groups excluding carboxylic acids is 2. The van der Waals surface area contributed by atoms with Gasteiger partial charge in [0, 0.05) is 17.8 Å². The number of aliphatic hydroxyl groups excluding tert-OH is 1. The van der Waals surface area contributed by atoms with Crippen molar-refractivity contribution in [2.45, 2.75) is 25.8 Å². The first-order chi connectivity index (χ1) is 9.52. The SMILES string of the molecule is Cc1ccc(NC(=O)N2CCC[C@H]2CO)cc1C(N)=O. The average Bonchev–Trinajstić information content (AvgIpc) is 2.89. The third-order valence-corrected chi connectivity index (χ3v) is 3.60. The van der Waals surface area contributed by atoms with Crippen LogP contribution in [0.4, 0.5) is 10.5 Å². The van der Waals surface area contributed by atoms with Crippen LogP contribution in [0, 0.1) is 6.92 Å². The van der Waals surface area contributed by atoms with Gasteiger partial charge >= 0.3 is 6.03 Å². The van der Waals surface area contributed by atoms with Gasteiger partial charge in [-0.15, -0.1) is 0 Å². The van der Waals surface area contributed by atoms with Crippen LogP contribution in [0.2, 0.25) is 0 Å². The highest BCUT2D eigenvalue weighted by atomic mass is 16.3. The van der Waals surface area contributed by atoms with Crippen molar-refractivity contribution in [2.75, 3.05) is 18.5 Å². The molecule has 1 aromatic rings. The third kappa shape index (κ3) is 2.91. The molecule has 6 nitrogen and oxygen atoms in total. The predicted molar refractivity (Wildman–Crippen MR) is 75.5 cm³/mol. The fourth-order valence-corrected chi connectivity index (χ4v) is 2.45. The highest BCUT2D eigenvalue weighted by Crippen LogP contribution is 2.20. The molecule has 1 aliphatic rings. The van der Waals surface area contributed by atoms with Crippen molar-refractivity contribution in [3.63, 3.8) is 0 Å². The highest BCUT2D eigenvalue weighted by Gasteiger charge is 2.28. The molecule has 2 rings (SSSR count). The van der Waals surface area contributed by atoms with Crippen LogP contribution in [-0.4, -0.2) is 41.1 Å². The van der Waals surface area contributed by atoms with Crippen molar-refractivity contribution in [2.24, 2.45) is 5.73 Å². The zero-order valence-electron chi connectivity index (χ0n) is 11.4. The maximum Gasteiger partial charge on any atom is 0.322 e. The Labute approximate surface area is 117 Å². The molecule has 0 aliphatic carbocycles. The lowest BCUT2D eigenvalue weighted by atomic mass is 10.1. The second-order valence-electron chi connectivity index (χ2n) is 5.00. The van der Waals surface area contributed by atoms with E-state index in [1.807, 2.05) is 0 Å². The molecule has 0 aromatic heterocycles. The Morgan fingerprint density at radius 1 is 1.50 bits per heavy atom. The van der Waals surface area contributed by atoms with Gasteiger partial charge in [0.15, 0.2) is 0 Å². The predicted octanol–water partition coefficient (Wildman–Crippen LogP) is 1.08. The van der Waals surface area contributed by atoms with Crippen molar-refractivity contribution in [3.8, 4) is 0 Å². The lowest BCUT2D eigenvalue weighted by Gasteiger charge is -2.23. The number of aliphatic hydroxyl groups is 1. The number of amides is 3. The summed E-state index contributed by atoms with van der Waals surface area (Å²) in [5.74, 6) is -0.520. The van der Waals surface area contributed by atoms with Crippen LogP contribution in [0.1, 0.15) is 28.8 Å². The van der Waals surface area contributed by atoms with Gasteiger partial charge in [-0.05, 0) is 37.5 Å². The molecule has 0 radical (unpaired) electrons. The number of nitrogens with zero attached hydrogens (tertiary/aromatic N) is 1. The van der Waals surface area contributed by atoms with Gasteiger partial charge in [-0.3, -0.25) is 4.79 Å². The van der Waals surface area contributed by atoms with E-state index in [0.29, 0.717) is 17.8 Å². The number of anilines is 1. The van der Waals surface area contributed by atoms with Crippen LogP contribution in [0.5, 0.6) is 0 Å². The molecular weight excluding hydrogens is 258 g/mol. The quantitative estimate of drug-likeness (QED) is 0.771. The third-order valence-electron chi connectivity index (χ3n) is 3.60. The molecule has 1 fully saturated rings. The first-order valence-electron chi connectivity index (χ1n) is 6.62. The molecule has 1 atom stereocenters. The first kappa shape index (κ1) is 14.3. The second-order valence-corrected chi connectivity index (χ2v) is 5.00. The molecule has 108 valence electrons. The summed E-state index contributed by atoms with van der Waals surface area (Å²) >= 11 is 0. The Hall–Kier alpha value is -2.08. The van der Waals surface area contributed by atoms with Crippen LogP contribution in [0.3, 0.4) is 0 Å². The molecule has 0 unspecified atom stereocenters. The summed E-state index contributed by atoms with van der Waals surface area (Å²) < 4.78 is 0. The molecule has 0 saturated carbocycles. The average molecular weight is 277 g/mol. The molecular formula is C14H19N3O3. The molecule has 20 heavy (non-hydrogen) atoms. The van der Waals surface area contributed by atoms with E-state index in [1.54, 1.807) is 30.0 Å². The number of hydrogen-bond acceptors (Lipinski definition) is 3. The largest absolute Gasteiger partial charge is 0.394 e. The van der Waals surface area contributed by atoms with Crippen LogP contribution in [0.15, 0.2) is 18.2 Å². The first-order valence-corrected chi connectivity index (χ1v) is 6.62. The van der Waals surface area contributed by atoms with Crippen LogP contribution >= 0.6 is 0 Å². The number of rotatable bonds is 3. The molecule has 4 N–H and O–H groups in total. The molecule has 1 aromatic carbocycles. The highest BCUT2D eigenvalue weighted by molar-refractivity contribution is 5.97. The van der Waals surface area contributed by atoms with Gasteiger partial charge in [-0.25, -0.2) is 4.79 Å². The molecule has 6 heteroatoms. The van der Waals surface area contributed by atoms with Gasteiger partial charge < -0.3 is 21.1 Å². The molecule has 1 aliphatic heterocycles. The monoisotopic (exact) mass is 277 g/mol. The normalized spacial score (nSPS) is 18.1. The Kier molecular flexibility index (Phi) is 4.24. The lowest BCUT2D eigenvalue weighted by molar-refractivity contribution is 0.0999. The Balaban J connectivity index is 2.12. The minimum absolute atomic E-state index is 0.0339. The smallest absolute Gasteiger partial charge is 0.322 e. The number of carbonyl (C=O) groups is 2. The maximum atomic E-state index is 12.1. The second kappa shape index (κ2) is 5.92. The van der Waals surface area contributed by atoms with Gasteiger partial charge in [0.25, 0.3) is 0 Å². The number of aryl methyl sites for hydroxylation is 1. The van der Waals surface area contributed by atoms with Crippen molar-refractivity contribution in [1.29, 1.82) is 0 Å². The van der Waals surface area contributed by atoms with E-state index in [0.717, 1.165) is 18.4 Å². The van der Waals surface area contributed by atoms with Crippen LogP contribution in [0.25, 0.3) is 0 Å². The Morgan fingerprint density at radius 3 is 2.90 bits per heavy atom. The number of primary amides is 1. The number of benzene rings is 1. The van der Waals surface area contributed by atoms with E-state index in [2.05, 4.69) is 5.32 Å². The van der Waals surface area contributed by atoms with Crippen molar-refractivity contribution < 1.29 is 14.7 Å². The van der Waals surface area contributed by atoms with Gasteiger partial charge in [0.05, 0.1) is 12.6 Å². The minimum atomic E-state index is -0.520. The minimum Gasteiger partial charge on any atom is -0.394 e. The fraction of sp³-hybridized carbons (Fsp3) is 0.429. The topological polar surface area (TPSA) is 95.7 Å². The Morgan fingerprint density at radius 2 is 2.25 bits per heavy atom. The van der Waals surface area contributed by atoms with Crippen molar-refractivity contribution in [3.05, 3.63) is 29.3 Å². The molecule has 3 amide bonds. The number of urea groups is 1. The van der Waals surface area contributed by atoms with E-state index >= 15 is 0 Å². The zero-order chi connectivity index (χ0) is 14.7. The summed E-state index contributed by atoms with van der Waals surface area (Å²) in [6.07, 6.45) is 1.70. The lowest BCUT2D eigenvalue weighted by Crippen LogP contribution is -2.40. The van der Waals surface area contributed by atoms with Gasteiger partial charge in [0.1, 0.15) is 0 Å². The molecule has 0 bridgehead atoms. The van der Waals surface area contributed by atoms with E-state index in [4.69, 9.17) is 5.73 Å². The zero-order valence-corrected chi connectivity index (χ0v) is 11.4. The van der Waals surface area contributed by atoms with Gasteiger partial charge in [-0.1, -0.05) is 6.07 Å². The summed E-state index contributed by atoms with van der Waals surface area (Å²) in [6, 6.07) is 4.64. The van der Waals surface area contributed by atoms with E-state index in [9.17, 15) is 14.7 Å². The van der Waals surface area contributed by atoms with E-state index in [1.165, 1.54) is 0 Å². The van der Waals surface area contributed by atoms with Crippen LogP contribution < -0.4 is 11.1 Å². The number of nitrogens with one attached hydrogen (secondary N) is 1. The van der Waals surface area contributed by atoms with E-state index in [-0.39, 0.29) is 18.7 Å². The van der Waals surface area contributed by atoms with Crippen molar-refractivity contribution in [1.82, 2.24) is 4.90 Å². The van der Waals surface area contributed by atoms with Gasteiger partial charge in [0.2, 0.25) is 5.91 Å². The Bertz CT molecular complexity index is 530. The molecule has 1 heterocycles. The molecule has 1 saturated heterocycles. The number of nitrogens with two attached hydrogens (primary N) is 1. The van der Waals surface area contributed by atoms with Crippen molar-refractivity contribution >= 4 is 17.6 Å².